The lowest BCUT2D eigenvalue weighted by Gasteiger charge is -2.08. The Morgan fingerprint density at radius 1 is 1.38 bits per heavy atom. The third kappa shape index (κ3) is 2.50. The number of nitrogens with one attached hydrogen (secondary N) is 1. The minimum absolute atomic E-state index is 0. The molecule has 1 aliphatic rings. The highest BCUT2D eigenvalue weighted by atomic mass is 35.5. The van der Waals surface area contributed by atoms with Crippen molar-refractivity contribution in [3.05, 3.63) is 17.8 Å². The van der Waals surface area contributed by atoms with Gasteiger partial charge in [0.05, 0.1) is 10.9 Å². The normalized spacial score (nSPS) is 20.4. The average molecular weight is 264 g/mol. The van der Waals surface area contributed by atoms with Crippen molar-refractivity contribution in [2.75, 3.05) is 13.1 Å². The van der Waals surface area contributed by atoms with Crippen molar-refractivity contribution in [3.8, 4) is 0 Å². The average Bonchev–Trinajstić information content (AvgIpc) is 2.71. The van der Waals surface area contributed by atoms with Gasteiger partial charge in [0.25, 0.3) is 0 Å². The van der Waals surface area contributed by atoms with E-state index < -0.39 is 9.84 Å². The summed E-state index contributed by atoms with van der Waals surface area (Å²) in [4.78, 5) is 0. The third-order valence-corrected chi connectivity index (χ3v) is 4.60. The number of rotatable bonds is 2. The van der Waals surface area contributed by atoms with Gasteiger partial charge in [-0.05, 0) is 32.0 Å². The quantitative estimate of drug-likeness (QED) is 0.833. The fraction of sp³-hybridized carbons (Fsp3) is 0.556. The highest BCUT2D eigenvalue weighted by Gasteiger charge is 2.31. The van der Waals surface area contributed by atoms with Gasteiger partial charge >= 0.3 is 0 Å². The van der Waals surface area contributed by atoms with Crippen molar-refractivity contribution in [1.29, 1.82) is 0 Å². The van der Waals surface area contributed by atoms with Gasteiger partial charge in [0.1, 0.15) is 0 Å². The summed E-state index contributed by atoms with van der Waals surface area (Å²) in [5.74, 6) is 0. The molecule has 1 aromatic heterocycles. The highest BCUT2D eigenvalue weighted by molar-refractivity contribution is 7.92. The van der Waals surface area contributed by atoms with Gasteiger partial charge in [0.15, 0.2) is 5.03 Å². The van der Waals surface area contributed by atoms with Crippen LogP contribution in [-0.2, 0) is 9.84 Å². The van der Waals surface area contributed by atoms with Crippen LogP contribution in [-0.4, -0.2) is 37.0 Å². The standard InChI is InChI=1S/C9H13N3O2S.ClH/c1-7-2-3-9(12-11-7)15(13,14)8-4-5-10-6-8;/h2-3,8,10H,4-6H2,1H3;1H/t8-;/m1./s1. The molecule has 5 nitrogen and oxygen atoms in total. The van der Waals surface area contributed by atoms with Crippen molar-refractivity contribution in [2.24, 2.45) is 0 Å². The topological polar surface area (TPSA) is 72.0 Å². The number of hydrogen-bond donors (Lipinski definition) is 1. The Bertz CT molecular complexity index is 440. The summed E-state index contributed by atoms with van der Waals surface area (Å²) in [5.41, 5.74) is 0.721. The molecule has 0 saturated carbocycles. The summed E-state index contributed by atoms with van der Waals surface area (Å²) in [6, 6.07) is 3.19. The van der Waals surface area contributed by atoms with Crippen molar-refractivity contribution in [1.82, 2.24) is 15.5 Å². The number of aryl methyl sites for hydroxylation is 1. The molecule has 7 heteroatoms. The maximum atomic E-state index is 12.0. The van der Waals surface area contributed by atoms with E-state index in [0.717, 1.165) is 12.2 Å². The summed E-state index contributed by atoms with van der Waals surface area (Å²) in [6.07, 6.45) is 0.651. The first-order valence-electron chi connectivity index (χ1n) is 4.85. The van der Waals surface area contributed by atoms with E-state index in [1.165, 1.54) is 6.07 Å². The summed E-state index contributed by atoms with van der Waals surface area (Å²) in [6.45, 7) is 3.04. The molecule has 1 fully saturated rings. The largest absolute Gasteiger partial charge is 0.315 e. The van der Waals surface area contributed by atoms with Crippen LogP contribution in [0.4, 0.5) is 0 Å². The third-order valence-electron chi connectivity index (χ3n) is 2.52. The van der Waals surface area contributed by atoms with E-state index in [4.69, 9.17) is 0 Å². The number of sulfone groups is 1. The highest BCUT2D eigenvalue weighted by Crippen LogP contribution is 2.17. The van der Waals surface area contributed by atoms with Gasteiger partial charge in [-0.25, -0.2) is 8.42 Å². The van der Waals surface area contributed by atoms with Gasteiger partial charge in [-0.15, -0.1) is 17.5 Å². The summed E-state index contributed by atoms with van der Waals surface area (Å²) < 4.78 is 24.0. The van der Waals surface area contributed by atoms with Gasteiger partial charge in [0.2, 0.25) is 9.84 Å². The fourth-order valence-corrected chi connectivity index (χ4v) is 3.12. The Morgan fingerprint density at radius 3 is 2.62 bits per heavy atom. The maximum Gasteiger partial charge on any atom is 0.201 e. The van der Waals surface area contributed by atoms with E-state index in [9.17, 15) is 8.42 Å². The van der Waals surface area contributed by atoms with Crippen LogP contribution in [0.5, 0.6) is 0 Å². The first-order valence-corrected chi connectivity index (χ1v) is 6.40. The van der Waals surface area contributed by atoms with E-state index in [2.05, 4.69) is 15.5 Å². The van der Waals surface area contributed by atoms with Crippen LogP contribution < -0.4 is 5.32 Å². The lowest BCUT2D eigenvalue weighted by atomic mass is 10.4. The van der Waals surface area contributed by atoms with Gasteiger partial charge in [-0.1, -0.05) is 0 Å². The van der Waals surface area contributed by atoms with Gasteiger partial charge in [0, 0.05) is 6.54 Å². The van der Waals surface area contributed by atoms with E-state index in [-0.39, 0.29) is 22.7 Å². The monoisotopic (exact) mass is 263 g/mol. The van der Waals surface area contributed by atoms with E-state index in [1.54, 1.807) is 13.0 Å². The van der Waals surface area contributed by atoms with E-state index >= 15 is 0 Å². The van der Waals surface area contributed by atoms with Crippen LogP contribution in [0.1, 0.15) is 12.1 Å². The molecule has 0 bridgehead atoms. The Morgan fingerprint density at radius 2 is 2.12 bits per heavy atom. The van der Waals surface area contributed by atoms with Gasteiger partial charge in [-0.2, -0.15) is 5.10 Å². The Kier molecular flexibility index (Phi) is 4.23. The molecule has 1 atom stereocenters. The molecule has 1 aliphatic heterocycles. The van der Waals surface area contributed by atoms with Crippen LogP contribution in [0, 0.1) is 6.92 Å². The number of nitrogens with zero attached hydrogens (tertiary/aromatic N) is 2. The van der Waals surface area contributed by atoms with Crippen LogP contribution in [0.2, 0.25) is 0 Å². The maximum absolute atomic E-state index is 12.0. The second-order valence-electron chi connectivity index (χ2n) is 3.67. The molecule has 1 aromatic rings. The molecule has 0 spiro atoms. The van der Waals surface area contributed by atoms with Crippen molar-refractivity contribution < 1.29 is 8.42 Å². The molecule has 2 heterocycles. The molecule has 1 N–H and O–H groups in total. The zero-order valence-corrected chi connectivity index (χ0v) is 10.5. The number of aromatic nitrogens is 2. The Labute approximate surface area is 101 Å². The molecule has 1 saturated heterocycles. The van der Waals surface area contributed by atoms with E-state index in [0.29, 0.717) is 13.0 Å². The lowest BCUT2D eigenvalue weighted by Crippen LogP contribution is -2.25. The van der Waals surface area contributed by atoms with Crippen molar-refractivity contribution in [3.63, 3.8) is 0 Å². The predicted molar refractivity (Wildman–Crippen MR) is 62.5 cm³/mol. The first-order chi connectivity index (χ1) is 7.10. The Hall–Kier alpha value is -0.720. The molecule has 0 unspecified atom stereocenters. The Balaban J connectivity index is 0.00000128. The minimum atomic E-state index is -3.29. The second kappa shape index (κ2) is 5.07. The number of halogens is 1. The van der Waals surface area contributed by atoms with Crippen molar-refractivity contribution in [2.45, 2.75) is 23.6 Å². The molecule has 2 rings (SSSR count). The molecule has 0 radical (unpaired) electrons. The summed E-state index contributed by atoms with van der Waals surface area (Å²) in [5, 5.41) is 10.3. The first kappa shape index (κ1) is 13.3. The molecule has 16 heavy (non-hydrogen) atoms. The van der Waals surface area contributed by atoms with Crippen LogP contribution in [0.15, 0.2) is 17.2 Å². The molecule has 0 amide bonds. The van der Waals surface area contributed by atoms with Crippen LogP contribution >= 0.6 is 12.4 Å². The lowest BCUT2D eigenvalue weighted by molar-refractivity contribution is 0.576. The smallest absolute Gasteiger partial charge is 0.201 e. The molecular weight excluding hydrogens is 250 g/mol. The van der Waals surface area contributed by atoms with E-state index in [1.807, 2.05) is 0 Å². The zero-order chi connectivity index (χ0) is 10.9. The van der Waals surface area contributed by atoms with Gasteiger partial charge in [-0.3, -0.25) is 0 Å². The zero-order valence-electron chi connectivity index (χ0n) is 8.88. The predicted octanol–water partition coefficient (Wildman–Crippen LogP) is 0.342. The number of hydrogen-bond acceptors (Lipinski definition) is 5. The minimum Gasteiger partial charge on any atom is -0.315 e. The van der Waals surface area contributed by atoms with Crippen LogP contribution in [0.25, 0.3) is 0 Å². The SMILES string of the molecule is Cc1ccc(S(=O)(=O)[C@@H]2CCNC2)nn1.Cl. The van der Waals surface area contributed by atoms with Gasteiger partial charge < -0.3 is 5.32 Å². The molecule has 0 aliphatic carbocycles. The molecule has 90 valence electrons. The summed E-state index contributed by atoms with van der Waals surface area (Å²) in [7, 11) is -3.29. The van der Waals surface area contributed by atoms with Crippen molar-refractivity contribution >= 4 is 22.2 Å². The van der Waals surface area contributed by atoms with Crippen LogP contribution in [0.3, 0.4) is 0 Å². The second-order valence-corrected chi connectivity index (χ2v) is 5.85. The summed E-state index contributed by atoms with van der Waals surface area (Å²) >= 11 is 0. The molecule has 0 aromatic carbocycles. The molecular formula is C9H14ClN3O2S. The fourth-order valence-electron chi connectivity index (χ4n) is 1.60.